The molecule has 7 heteroatoms. The number of carbonyl (C=O) groups is 2. The van der Waals surface area contributed by atoms with Crippen LogP contribution in [0.1, 0.15) is 24.2 Å². The molecule has 1 fully saturated rings. The zero-order valence-corrected chi connectivity index (χ0v) is 13.9. The molecule has 0 bridgehead atoms. The number of morpholine rings is 1. The van der Waals surface area contributed by atoms with Crippen LogP contribution < -0.4 is 0 Å². The minimum absolute atomic E-state index is 0.0332. The van der Waals surface area contributed by atoms with Crippen LogP contribution in [0.25, 0.3) is 0 Å². The maximum atomic E-state index is 12.1. The minimum Gasteiger partial charge on any atom is -0.452 e. The van der Waals surface area contributed by atoms with Gasteiger partial charge >= 0.3 is 5.97 Å². The fourth-order valence-corrected chi connectivity index (χ4v) is 2.82. The summed E-state index contributed by atoms with van der Waals surface area (Å²) in [4.78, 5) is 25.7. The van der Waals surface area contributed by atoms with Crippen molar-refractivity contribution in [3.8, 4) is 0 Å². The van der Waals surface area contributed by atoms with E-state index < -0.39 is 5.97 Å². The number of hydrogen-bond acceptors (Lipinski definition) is 4. The zero-order valence-electron chi connectivity index (χ0n) is 12.3. The van der Waals surface area contributed by atoms with Crippen LogP contribution in [-0.2, 0) is 14.3 Å². The highest BCUT2D eigenvalue weighted by molar-refractivity contribution is 6.36. The fraction of sp³-hybridized carbons (Fsp3) is 0.467. The normalized spacial score (nSPS) is 21.5. The van der Waals surface area contributed by atoms with E-state index >= 15 is 0 Å². The SMILES string of the molecule is CC1CN(C(=O)COC(=O)c2ccc(Cl)cc2Cl)CC(C)O1. The van der Waals surface area contributed by atoms with Crippen molar-refractivity contribution in [2.24, 2.45) is 0 Å². The Kier molecular flexibility index (Phi) is 5.67. The van der Waals surface area contributed by atoms with Crippen LogP contribution >= 0.6 is 23.2 Å². The van der Waals surface area contributed by atoms with Gasteiger partial charge in [-0.05, 0) is 32.0 Å². The molecule has 0 radical (unpaired) electrons. The maximum Gasteiger partial charge on any atom is 0.340 e. The van der Waals surface area contributed by atoms with Crippen molar-refractivity contribution >= 4 is 35.1 Å². The lowest BCUT2D eigenvalue weighted by atomic mass is 10.2. The van der Waals surface area contributed by atoms with Crippen molar-refractivity contribution in [2.75, 3.05) is 19.7 Å². The number of benzene rings is 1. The van der Waals surface area contributed by atoms with E-state index in [-0.39, 0.29) is 35.3 Å². The van der Waals surface area contributed by atoms with Crippen molar-refractivity contribution < 1.29 is 19.1 Å². The third-order valence-corrected chi connectivity index (χ3v) is 3.80. The van der Waals surface area contributed by atoms with Gasteiger partial charge in [0.05, 0.1) is 22.8 Å². The van der Waals surface area contributed by atoms with E-state index in [1.165, 1.54) is 18.2 Å². The third-order valence-electron chi connectivity index (χ3n) is 3.25. The predicted molar refractivity (Wildman–Crippen MR) is 83.3 cm³/mol. The van der Waals surface area contributed by atoms with Gasteiger partial charge in [0, 0.05) is 18.1 Å². The van der Waals surface area contributed by atoms with Crippen LogP contribution in [0.4, 0.5) is 0 Å². The lowest BCUT2D eigenvalue weighted by molar-refractivity contribution is -0.146. The molecule has 2 rings (SSSR count). The van der Waals surface area contributed by atoms with E-state index in [1.807, 2.05) is 13.8 Å². The smallest absolute Gasteiger partial charge is 0.340 e. The summed E-state index contributed by atoms with van der Waals surface area (Å²) in [7, 11) is 0. The van der Waals surface area contributed by atoms with E-state index in [0.717, 1.165) is 0 Å². The van der Waals surface area contributed by atoms with Crippen molar-refractivity contribution in [1.82, 2.24) is 4.90 Å². The molecule has 1 aromatic rings. The molecule has 1 heterocycles. The lowest BCUT2D eigenvalue weighted by Gasteiger charge is -2.35. The van der Waals surface area contributed by atoms with E-state index in [9.17, 15) is 9.59 Å². The highest BCUT2D eigenvalue weighted by Crippen LogP contribution is 2.21. The molecular weight excluding hydrogens is 329 g/mol. The van der Waals surface area contributed by atoms with Crippen molar-refractivity contribution in [1.29, 1.82) is 0 Å². The molecule has 1 saturated heterocycles. The molecule has 0 aromatic heterocycles. The highest BCUT2D eigenvalue weighted by atomic mass is 35.5. The monoisotopic (exact) mass is 345 g/mol. The summed E-state index contributed by atoms with van der Waals surface area (Å²) in [5.74, 6) is -0.898. The van der Waals surface area contributed by atoms with Gasteiger partial charge in [-0.1, -0.05) is 23.2 Å². The van der Waals surface area contributed by atoms with Crippen molar-refractivity contribution in [3.05, 3.63) is 33.8 Å². The second-order valence-electron chi connectivity index (χ2n) is 5.26. The van der Waals surface area contributed by atoms with Crippen LogP contribution in [0.15, 0.2) is 18.2 Å². The van der Waals surface area contributed by atoms with Gasteiger partial charge in [-0.2, -0.15) is 0 Å². The second-order valence-corrected chi connectivity index (χ2v) is 6.10. The number of nitrogens with zero attached hydrogens (tertiary/aromatic N) is 1. The Balaban J connectivity index is 1.91. The summed E-state index contributed by atoms with van der Waals surface area (Å²) in [6.45, 7) is 4.45. The molecule has 120 valence electrons. The molecule has 5 nitrogen and oxygen atoms in total. The number of esters is 1. The average molecular weight is 346 g/mol. The van der Waals surface area contributed by atoms with Gasteiger partial charge < -0.3 is 14.4 Å². The molecule has 0 saturated carbocycles. The van der Waals surface area contributed by atoms with Crippen LogP contribution in [0.2, 0.25) is 10.0 Å². The minimum atomic E-state index is -0.649. The lowest BCUT2D eigenvalue weighted by Crippen LogP contribution is -2.49. The van der Waals surface area contributed by atoms with Crippen molar-refractivity contribution in [3.63, 3.8) is 0 Å². The number of carbonyl (C=O) groups excluding carboxylic acids is 2. The van der Waals surface area contributed by atoms with E-state index in [0.29, 0.717) is 18.1 Å². The summed E-state index contributed by atoms with van der Waals surface area (Å²) in [6, 6.07) is 4.46. The summed E-state index contributed by atoms with van der Waals surface area (Å²) in [5, 5.41) is 0.618. The zero-order chi connectivity index (χ0) is 16.3. The van der Waals surface area contributed by atoms with Gasteiger partial charge in [0.15, 0.2) is 6.61 Å². The van der Waals surface area contributed by atoms with E-state index in [1.54, 1.807) is 4.90 Å². The maximum absolute atomic E-state index is 12.1. The standard InChI is InChI=1S/C15H17Cl2NO4/c1-9-6-18(7-10(2)22-9)14(19)8-21-15(20)12-4-3-11(16)5-13(12)17/h3-5,9-10H,6-8H2,1-2H3. The van der Waals surface area contributed by atoms with Gasteiger partial charge in [0.25, 0.3) is 5.91 Å². The third kappa shape index (κ3) is 4.35. The Labute approximate surface area is 139 Å². The summed E-state index contributed by atoms with van der Waals surface area (Å²) in [5.41, 5.74) is 0.183. The van der Waals surface area contributed by atoms with Crippen LogP contribution in [0.3, 0.4) is 0 Å². The molecule has 2 unspecified atom stereocenters. The van der Waals surface area contributed by atoms with Crippen LogP contribution in [0.5, 0.6) is 0 Å². The first-order chi connectivity index (χ1) is 10.4. The number of rotatable bonds is 3. The molecule has 2 atom stereocenters. The molecule has 0 N–H and O–H groups in total. The van der Waals surface area contributed by atoms with E-state index in [2.05, 4.69) is 0 Å². The van der Waals surface area contributed by atoms with Gasteiger partial charge in [-0.3, -0.25) is 4.79 Å². The molecule has 1 aromatic carbocycles. The van der Waals surface area contributed by atoms with Crippen LogP contribution in [0, 0.1) is 0 Å². The van der Waals surface area contributed by atoms with Gasteiger partial charge in [0.1, 0.15) is 0 Å². The number of amides is 1. The predicted octanol–water partition coefficient (Wildman–Crippen LogP) is 2.79. The molecule has 1 amide bonds. The first-order valence-corrected chi connectivity index (χ1v) is 7.68. The first-order valence-electron chi connectivity index (χ1n) is 6.92. The van der Waals surface area contributed by atoms with Gasteiger partial charge in [-0.25, -0.2) is 4.79 Å². The Morgan fingerprint density at radius 1 is 1.27 bits per heavy atom. The Morgan fingerprint density at radius 2 is 1.91 bits per heavy atom. The molecule has 22 heavy (non-hydrogen) atoms. The van der Waals surface area contributed by atoms with Gasteiger partial charge in [0.2, 0.25) is 0 Å². The van der Waals surface area contributed by atoms with Crippen LogP contribution in [-0.4, -0.2) is 48.7 Å². The Hall–Kier alpha value is -1.30. The molecular formula is C15H17Cl2NO4. The number of halogens is 2. The summed E-state index contributed by atoms with van der Waals surface area (Å²) in [6.07, 6.45) is -0.0665. The number of hydrogen-bond donors (Lipinski definition) is 0. The molecule has 1 aliphatic heterocycles. The molecule has 1 aliphatic rings. The molecule has 0 aliphatic carbocycles. The summed E-state index contributed by atoms with van der Waals surface area (Å²) >= 11 is 11.7. The number of ether oxygens (including phenoxy) is 2. The first kappa shape index (κ1) is 17.1. The fourth-order valence-electron chi connectivity index (χ4n) is 2.33. The highest BCUT2D eigenvalue weighted by Gasteiger charge is 2.26. The molecule has 0 spiro atoms. The Bertz CT molecular complexity index is 569. The van der Waals surface area contributed by atoms with E-state index in [4.69, 9.17) is 32.7 Å². The second kappa shape index (κ2) is 7.31. The van der Waals surface area contributed by atoms with Gasteiger partial charge in [-0.15, -0.1) is 0 Å². The quantitative estimate of drug-likeness (QED) is 0.790. The van der Waals surface area contributed by atoms with Crippen molar-refractivity contribution in [2.45, 2.75) is 26.1 Å². The Morgan fingerprint density at radius 3 is 2.50 bits per heavy atom. The summed E-state index contributed by atoms with van der Waals surface area (Å²) < 4.78 is 10.6. The average Bonchev–Trinajstić information content (AvgIpc) is 2.43. The topological polar surface area (TPSA) is 55.8 Å². The largest absolute Gasteiger partial charge is 0.452 e.